The van der Waals surface area contributed by atoms with Crippen molar-refractivity contribution >= 4 is 8.60 Å². The fourth-order valence-corrected chi connectivity index (χ4v) is 0.194. The molecule has 0 aromatic heterocycles. The molecule has 0 saturated heterocycles. The van der Waals surface area contributed by atoms with Crippen LogP contribution in [0, 0.1) is 5.16 Å². The quantitative estimate of drug-likeness (QED) is 0.515. The SMILES string of the molecule is CCOP=N. The van der Waals surface area contributed by atoms with E-state index in [1.165, 1.54) is 0 Å². The molecular formula is C2H6NOP. The second kappa shape index (κ2) is 4.06. The minimum Gasteiger partial charge on any atom is -0.312 e. The van der Waals surface area contributed by atoms with Gasteiger partial charge in [0.2, 0.25) is 0 Å². The van der Waals surface area contributed by atoms with Crippen LogP contribution in [0.3, 0.4) is 0 Å². The smallest absolute Gasteiger partial charge is 0.168 e. The van der Waals surface area contributed by atoms with Gasteiger partial charge in [0.15, 0.2) is 8.60 Å². The first kappa shape index (κ1) is 5.06. The summed E-state index contributed by atoms with van der Waals surface area (Å²) in [6.45, 7) is 2.51. The largest absolute Gasteiger partial charge is 0.312 e. The van der Waals surface area contributed by atoms with E-state index in [2.05, 4.69) is 4.52 Å². The number of nitrogens with one attached hydrogen (secondary N) is 1. The van der Waals surface area contributed by atoms with Crippen LogP contribution < -0.4 is 0 Å². The molecule has 0 spiro atoms. The summed E-state index contributed by atoms with van der Waals surface area (Å²) in [5.41, 5.74) is 0. The van der Waals surface area contributed by atoms with Crippen molar-refractivity contribution in [1.82, 2.24) is 0 Å². The van der Waals surface area contributed by atoms with E-state index >= 15 is 0 Å². The lowest BCUT2D eigenvalue weighted by Crippen LogP contribution is -1.65. The summed E-state index contributed by atoms with van der Waals surface area (Å²) in [7, 11) is 0.280. The molecule has 1 N–H and O–H groups in total. The highest BCUT2D eigenvalue weighted by Crippen LogP contribution is 1.90. The topological polar surface area (TPSA) is 33.1 Å². The van der Waals surface area contributed by atoms with Crippen molar-refractivity contribution in [2.45, 2.75) is 6.92 Å². The zero-order valence-corrected chi connectivity index (χ0v) is 3.96. The monoisotopic (exact) mass is 91.0 g/mol. The third-order valence-electron chi connectivity index (χ3n) is 0.194. The highest BCUT2D eigenvalue weighted by molar-refractivity contribution is 7.18. The van der Waals surface area contributed by atoms with Crippen LogP contribution in [0.1, 0.15) is 6.92 Å². The van der Waals surface area contributed by atoms with Crippen molar-refractivity contribution in [2.75, 3.05) is 6.61 Å². The van der Waals surface area contributed by atoms with Crippen LogP contribution in [0.15, 0.2) is 0 Å². The molecule has 0 aliphatic heterocycles. The Morgan fingerprint density at radius 2 is 2.60 bits per heavy atom. The Hall–Kier alpha value is 0.0600. The number of hydrogen-bond acceptors (Lipinski definition) is 2. The molecule has 0 aromatic rings. The first-order valence-corrected chi connectivity index (χ1v) is 2.21. The summed E-state index contributed by atoms with van der Waals surface area (Å²) in [5.74, 6) is 0. The first-order valence-electron chi connectivity index (χ1n) is 1.40. The van der Waals surface area contributed by atoms with E-state index in [1.54, 1.807) is 0 Å². The predicted molar refractivity (Wildman–Crippen MR) is 21.3 cm³/mol. The fraction of sp³-hybridized carbons (Fsp3) is 1.00. The van der Waals surface area contributed by atoms with Gasteiger partial charge in [0, 0.05) is 0 Å². The minimum atomic E-state index is 0.280. The Morgan fingerprint density at radius 3 is 2.60 bits per heavy atom. The van der Waals surface area contributed by atoms with E-state index in [-0.39, 0.29) is 8.60 Å². The molecule has 0 rings (SSSR count). The molecular weight excluding hydrogens is 85.0 g/mol. The summed E-state index contributed by atoms with van der Waals surface area (Å²) >= 11 is 0. The van der Waals surface area contributed by atoms with E-state index in [4.69, 9.17) is 5.16 Å². The molecule has 3 heteroatoms. The standard InChI is InChI=1S/C2H6NOP/c1-2-4-5-3/h3H,2H2,1H3. The Balaban J connectivity index is 2.40. The Bertz CT molecular complexity index is 30.8. The molecule has 0 aliphatic rings. The lowest BCUT2D eigenvalue weighted by molar-refractivity contribution is 0.393. The van der Waals surface area contributed by atoms with Crippen LogP contribution in [0.5, 0.6) is 0 Å². The fourth-order valence-electron chi connectivity index (χ4n) is 0.0645. The van der Waals surface area contributed by atoms with Gasteiger partial charge in [0.05, 0.1) is 6.61 Å². The summed E-state index contributed by atoms with van der Waals surface area (Å²) in [5, 5.41) is 6.35. The van der Waals surface area contributed by atoms with Crippen molar-refractivity contribution in [3.63, 3.8) is 0 Å². The molecule has 0 radical (unpaired) electrons. The highest BCUT2D eigenvalue weighted by Gasteiger charge is 1.61. The molecule has 30 valence electrons. The molecule has 0 unspecified atom stereocenters. The summed E-state index contributed by atoms with van der Waals surface area (Å²) < 4.78 is 4.47. The lowest BCUT2D eigenvalue weighted by atomic mass is 10.9. The van der Waals surface area contributed by atoms with Crippen LogP contribution >= 0.6 is 8.60 Å². The van der Waals surface area contributed by atoms with Crippen LogP contribution in [-0.2, 0) is 4.52 Å². The van der Waals surface area contributed by atoms with Crippen molar-refractivity contribution < 1.29 is 4.52 Å². The minimum absolute atomic E-state index is 0.280. The molecule has 0 aliphatic carbocycles. The van der Waals surface area contributed by atoms with Gasteiger partial charge in [0.1, 0.15) is 0 Å². The summed E-state index contributed by atoms with van der Waals surface area (Å²) in [4.78, 5) is 0. The molecule has 0 fully saturated rings. The predicted octanol–water partition coefficient (Wildman–Crippen LogP) is 1.65. The summed E-state index contributed by atoms with van der Waals surface area (Å²) in [6, 6.07) is 0. The highest BCUT2D eigenvalue weighted by atomic mass is 31.1. The maximum Gasteiger partial charge on any atom is 0.168 e. The van der Waals surface area contributed by atoms with E-state index in [1.807, 2.05) is 6.92 Å². The van der Waals surface area contributed by atoms with Gasteiger partial charge < -0.3 is 4.52 Å². The maximum absolute atomic E-state index is 6.35. The van der Waals surface area contributed by atoms with Crippen molar-refractivity contribution in [3.8, 4) is 0 Å². The lowest BCUT2D eigenvalue weighted by Gasteiger charge is -1.75. The third kappa shape index (κ3) is 4.06. The van der Waals surface area contributed by atoms with Gasteiger partial charge in [-0.1, -0.05) is 0 Å². The van der Waals surface area contributed by atoms with Crippen LogP contribution in [-0.4, -0.2) is 6.61 Å². The maximum atomic E-state index is 6.35. The molecule has 0 bridgehead atoms. The molecule has 2 nitrogen and oxygen atoms in total. The average molecular weight is 91.0 g/mol. The number of rotatable bonds is 2. The Kier molecular flexibility index (Phi) is 4.11. The zero-order valence-electron chi connectivity index (χ0n) is 3.06. The Labute approximate surface area is 32.9 Å². The molecule has 0 saturated carbocycles. The molecule has 0 amide bonds. The van der Waals surface area contributed by atoms with E-state index in [0.717, 1.165) is 0 Å². The van der Waals surface area contributed by atoms with Gasteiger partial charge in [-0.15, -0.1) is 0 Å². The van der Waals surface area contributed by atoms with Gasteiger partial charge >= 0.3 is 0 Å². The summed E-state index contributed by atoms with van der Waals surface area (Å²) in [6.07, 6.45) is 0. The third-order valence-corrected chi connectivity index (χ3v) is 0.581. The second-order valence-corrected chi connectivity index (χ2v) is 0.950. The van der Waals surface area contributed by atoms with Gasteiger partial charge in [-0.3, -0.25) is 5.16 Å². The molecule has 5 heavy (non-hydrogen) atoms. The second-order valence-electron chi connectivity index (χ2n) is 0.509. The Morgan fingerprint density at radius 1 is 2.00 bits per heavy atom. The van der Waals surface area contributed by atoms with Gasteiger partial charge in [-0.2, -0.15) is 0 Å². The van der Waals surface area contributed by atoms with E-state index in [0.29, 0.717) is 6.61 Å². The first-order chi connectivity index (χ1) is 2.41. The van der Waals surface area contributed by atoms with Crippen molar-refractivity contribution in [1.29, 1.82) is 5.16 Å². The van der Waals surface area contributed by atoms with Crippen molar-refractivity contribution in [2.24, 2.45) is 0 Å². The van der Waals surface area contributed by atoms with Crippen LogP contribution in [0.2, 0.25) is 0 Å². The normalized spacial score (nSPS) is 9.00. The molecule has 0 aromatic carbocycles. The molecule has 0 heterocycles. The van der Waals surface area contributed by atoms with Crippen LogP contribution in [0.25, 0.3) is 0 Å². The number of hydrogen-bond donors (Lipinski definition) is 1. The van der Waals surface area contributed by atoms with Gasteiger partial charge in [-0.25, -0.2) is 0 Å². The van der Waals surface area contributed by atoms with Crippen molar-refractivity contribution in [3.05, 3.63) is 0 Å². The zero-order chi connectivity index (χ0) is 4.12. The van der Waals surface area contributed by atoms with Gasteiger partial charge in [-0.05, 0) is 6.92 Å². The van der Waals surface area contributed by atoms with Crippen LogP contribution in [0.4, 0.5) is 0 Å². The van der Waals surface area contributed by atoms with E-state index < -0.39 is 0 Å². The van der Waals surface area contributed by atoms with Gasteiger partial charge in [0.25, 0.3) is 0 Å². The molecule has 0 atom stereocenters. The van der Waals surface area contributed by atoms with E-state index in [9.17, 15) is 0 Å². The average Bonchev–Trinajstić information content (AvgIpc) is 1.41.